The molecular formula is C7H10OS. The first-order chi connectivity index (χ1) is 4.34. The first kappa shape index (κ1) is 6.87. The van der Waals surface area contributed by atoms with Gasteiger partial charge in [-0.2, -0.15) is 0 Å². The van der Waals surface area contributed by atoms with Crippen molar-refractivity contribution < 1.29 is 4.79 Å². The lowest BCUT2D eigenvalue weighted by Crippen LogP contribution is -1.95. The Bertz CT molecular complexity index is 149. The van der Waals surface area contributed by atoms with Gasteiger partial charge >= 0.3 is 0 Å². The fourth-order valence-corrected chi connectivity index (χ4v) is 1.83. The van der Waals surface area contributed by atoms with Crippen molar-refractivity contribution in [3.05, 3.63) is 10.5 Å². The lowest BCUT2D eigenvalue weighted by Gasteiger charge is -2.11. The molecule has 1 heterocycles. The van der Waals surface area contributed by atoms with Crippen LogP contribution in [0.25, 0.3) is 0 Å². The maximum absolute atomic E-state index is 10.3. The van der Waals surface area contributed by atoms with Gasteiger partial charge in [-0.3, -0.25) is 4.79 Å². The van der Waals surface area contributed by atoms with Gasteiger partial charge in [-0.15, -0.1) is 11.8 Å². The van der Waals surface area contributed by atoms with E-state index in [1.165, 1.54) is 12.0 Å². The van der Waals surface area contributed by atoms with Crippen molar-refractivity contribution in [3.63, 3.8) is 0 Å². The molecule has 0 radical (unpaired) electrons. The Morgan fingerprint density at radius 2 is 2.44 bits per heavy atom. The second-order valence-corrected chi connectivity index (χ2v) is 3.35. The molecule has 0 fully saturated rings. The van der Waals surface area contributed by atoms with Crippen LogP contribution < -0.4 is 0 Å². The molecule has 0 aromatic heterocycles. The molecule has 0 aliphatic carbocycles. The standard InChI is InChI=1S/C7H10OS/c1-6-3-2-4-9-7(6)5-8/h5H,2-4H2,1H3. The highest BCUT2D eigenvalue weighted by atomic mass is 32.2. The van der Waals surface area contributed by atoms with Crippen molar-refractivity contribution in [1.29, 1.82) is 0 Å². The van der Waals surface area contributed by atoms with E-state index in [4.69, 9.17) is 0 Å². The number of thioether (sulfide) groups is 1. The van der Waals surface area contributed by atoms with E-state index >= 15 is 0 Å². The SMILES string of the molecule is CC1=C(C=O)SCCC1. The van der Waals surface area contributed by atoms with E-state index in [0.29, 0.717) is 0 Å². The van der Waals surface area contributed by atoms with Gasteiger partial charge < -0.3 is 0 Å². The molecule has 0 saturated carbocycles. The molecule has 1 nitrogen and oxygen atoms in total. The van der Waals surface area contributed by atoms with E-state index in [1.807, 2.05) is 6.92 Å². The van der Waals surface area contributed by atoms with Gasteiger partial charge in [-0.1, -0.05) is 5.57 Å². The van der Waals surface area contributed by atoms with Gasteiger partial charge in [0, 0.05) is 4.91 Å². The summed E-state index contributed by atoms with van der Waals surface area (Å²) in [7, 11) is 0. The van der Waals surface area contributed by atoms with Crippen molar-refractivity contribution >= 4 is 18.0 Å². The molecule has 0 aromatic rings. The summed E-state index contributed by atoms with van der Waals surface area (Å²) in [5, 5.41) is 0. The topological polar surface area (TPSA) is 17.1 Å². The Labute approximate surface area is 59.5 Å². The van der Waals surface area contributed by atoms with Gasteiger partial charge in [-0.05, 0) is 25.5 Å². The van der Waals surface area contributed by atoms with Crippen LogP contribution >= 0.6 is 11.8 Å². The predicted molar refractivity (Wildman–Crippen MR) is 40.5 cm³/mol. The van der Waals surface area contributed by atoms with E-state index in [1.54, 1.807) is 11.8 Å². The molecule has 9 heavy (non-hydrogen) atoms. The predicted octanol–water partition coefficient (Wildman–Crippen LogP) is 1.99. The maximum Gasteiger partial charge on any atom is 0.156 e. The largest absolute Gasteiger partial charge is 0.297 e. The number of aldehydes is 1. The molecule has 0 bridgehead atoms. The highest BCUT2D eigenvalue weighted by Crippen LogP contribution is 2.27. The number of hydrogen-bond acceptors (Lipinski definition) is 2. The fourth-order valence-electron chi connectivity index (χ4n) is 0.900. The van der Waals surface area contributed by atoms with Crippen molar-refractivity contribution in [2.75, 3.05) is 5.75 Å². The lowest BCUT2D eigenvalue weighted by molar-refractivity contribution is -0.104. The molecule has 0 N–H and O–H groups in total. The number of rotatable bonds is 1. The quantitative estimate of drug-likeness (QED) is 0.521. The highest BCUT2D eigenvalue weighted by molar-refractivity contribution is 8.03. The first-order valence-electron chi connectivity index (χ1n) is 3.12. The molecule has 1 rings (SSSR count). The monoisotopic (exact) mass is 142 g/mol. The van der Waals surface area contributed by atoms with E-state index in [9.17, 15) is 4.79 Å². The summed E-state index contributed by atoms with van der Waals surface area (Å²) < 4.78 is 0. The molecular weight excluding hydrogens is 132 g/mol. The minimum atomic E-state index is 0.959. The Hall–Kier alpha value is -0.240. The molecule has 0 atom stereocenters. The van der Waals surface area contributed by atoms with Crippen LogP contribution in [0.5, 0.6) is 0 Å². The van der Waals surface area contributed by atoms with Crippen LogP contribution in [-0.2, 0) is 4.79 Å². The number of allylic oxidation sites excluding steroid dienone is 2. The van der Waals surface area contributed by atoms with Crippen LogP contribution in [0.2, 0.25) is 0 Å². The van der Waals surface area contributed by atoms with E-state index in [0.717, 1.165) is 23.4 Å². The molecule has 0 spiro atoms. The van der Waals surface area contributed by atoms with Crippen molar-refractivity contribution in [2.45, 2.75) is 19.8 Å². The summed E-state index contributed by atoms with van der Waals surface area (Å²) in [5.41, 5.74) is 1.27. The number of carbonyl (C=O) groups is 1. The second-order valence-electron chi connectivity index (χ2n) is 2.21. The minimum absolute atomic E-state index is 0.959. The minimum Gasteiger partial charge on any atom is -0.297 e. The van der Waals surface area contributed by atoms with Gasteiger partial charge in [-0.25, -0.2) is 0 Å². The summed E-state index contributed by atoms with van der Waals surface area (Å²) in [6.45, 7) is 2.04. The maximum atomic E-state index is 10.3. The zero-order valence-corrected chi connectivity index (χ0v) is 6.33. The van der Waals surface area contributed by atoms with Crippen LogP contribution in [0.15, 0.2) is 10.5 Å². The molecule has 0 amide bonds. The highest BCUT2D eigenvalue weighted by Gasteiger charge is 2.07. The molecule has 0 unspecified atom stereocenters. The third kappa shape index (κ3) is 1.58. The van der Waals surface area contributed by atoms with Crippen LogP contribution in [0.4, 0.5) is 0 Å². The van der Waals surface area contributed by atoms with Crippen molar-refractivity contribution in [2.24, 2.45) is 0 Å². The first-order valence-corrected chi connectivity index (χ1v) is 4.11. The molecule has 1 aliphatic rings. The molecule has 1 aliphatic heterocycles. The zero-order chi connectivity index (χ0) is 6.69. The van der Waals surface area contributed by atoms with Crippen LogP contribution in [0, 0.1) is 0 Å². The summed E-state index contributed by atoms with van der Waals surface area (Å²) >= 11 is 1.68. The summed E-state index contributed by atoms with van der Waals surface area (Å²) in [5.74, 6) is 1.12. The van der Waals surface area contributed by atoms with E-state index < -0.39 is 0 Å². The third-order valence-electron chi connectivity index (χ3n) is 1.48. The smallest absolute Gasteiger partial charge is 0.156 e. The second kappa shape index (κ2) is 3.06. The Morgan fingerprint density at radius 1 is 1.67 bits per heavy atom. The van der Waals surface area contributed by atoms with Crippen LogP contribution in [-0.4, -0.2) is 12.0 Å². The molecule has 2 heteroatoms. The van der Waals surface area contributed by atoms with Gasteiger partial charge in [0.1, 0.15) is 0 Å². The summed E-state index contributed by atoms with van der Waals surface area (Å²) in [6.07, 6.45) is 3.31. The molecule has 0 saturated heterocycles. The summed E-state index contributed by atoms with van der Waals surface area (Å²) in [4.78, 5) is 11.3. The van der Waals surface area contributed by atoms with Gasteiger partial charge in [0.25, 0.3) is 0 Å². The average molecular weight is 142 g/mol. The van der Waals surface area contributed by atoms with Gasteiger partial charge in [0.05, 0.1) is 0 Å². The third-order valence-corrected chi connectivity index (χ3v) is 2.73. The van der Waals surface area contributed by atoms with Crippen molar-refractivity contribution in [1.82, 2.24) is 0 Å². The van der Waals surface area contributed by atoms with Gasteiger partial charge in [0.15, 0.2) is 6.29 Å². The normalized spacial score (nSPS) is 20.1. The van der Waals surface area contributed by atoms with E-state index in [2.05, 4.69) is 0 Å². The van der Waals surface area contributed by atoms with E-state index in [-0.39, 0.29) is 0 Å². The summed E-state index contributed by atoms with van der Waals surface area (Å²) in [6, 6.07) is 0. The number of hydrogen-bond donors (Lipinski definition) is 0. The Morgan fingerprint density at radius 3 is 2.89 bits per heavy atom. The number of carbonyl (C=O) groups excluding carboxylic acids is 1. The molecule has 0 aromatic carbocycles. The van der Waals surface area contributed by atoms with Gasteiger partial charge in [0.2, 0.25) is 0 Å². The average Bonchev–Trinajstić information content (AvgIpc) is 1.89. The van der Waals surface area contributed by atoms with Crippen LogP contribution in [0.1, 0.15) is 19.8 Å². The fraction of sp³-hybridized carbons (Fsp3) is 0.571. The molecule has 50 valence electrons. The van der Waals surface area contributed by atoms with Crippen molar-refractivity contribution in [3.8, 4) is 0 Å². The van der Waals surface area contributed by atoms with Crippen LogP contribution in [0.3, 0.4) is 0 Å². The zero-order valence-electron chi connectivity index (χ0n) is 5.52. The Kier molecular flexibility index (Phi) is 2.34. The lowest BCUT2D eigenvalue weighted by atomic mass is 10.1. The Balaban J connectivity index is 2.70.